The number of Topliss-reactive ketones (excluding diaryl/α,β-unsaturated/α-hetero) is 1. The molecule has 4 aliphatic rings. The van der Waals surface area contributed by atoms with Crippen LogP contribution in [0.5, 0.6) is 0 Å². The number of oxime groups is 1. The minimum Gasteiger partial charge on any atom is -0.394 e. The smallest absolute Gasteiger partial charge is 0.139 e. The molecule has 0 aromatic rings. The number of carbonyl (C=O) groups is 1. The van der Waals surface area contributed by atoms with Crippen LogP contribution in [-0.4, -0.2) is 24.6 Å². The van der Waals surface area contributed by atoms with Gasteiger partial charge in [-0.2, -0.15) is 0 Å². The molecular formula is C23H38N2O2. The van der Waals surface area contributed by atoms with E-state index in [9.17, 15) is 4.79 Å². The number of nitrogens with zero attached hydrogens (tertiary/aromatic N) is 1. The minimum atomic E-state index is -0.0166. The average molecular weight is 375 g/mol. The molecule has 0 bridgehead atoms. The summed E-state index contributed by atoms with van der Waals surface area (Å²) >= 11 is 0. The Morgan fingerprint density at radius 1 is 1.04 bits per heavy atom. The fourth-order valence-electron chi connectivity index (χ4n) is 8.02. The van der Waals surface area contributed by atoms with Crippen LogP contribution >= 0.6 is 0 Å². The molecule has 0 aliphatic heterocycles. The fourth-order valence-corrected chi connectivity index (χ4v) is 8.02. The molecule has 27 heavy (non-hydrogen) atoms. The fraction of sp³-hybridized carbons (Fsp3) is 0.913. The van der Waals surface area contributed by atoms with Crippen LogP contribution in [0.15, 0.2) is 5.16 Å². The van der Waals surface area contributed by atoms with E-state index in [-0.39, 0.29) is 10.8 Å². The number of fused-ring (bicyclic) bond motifs is 5. The van der Waals surface area contributed by atoms with Crippen molar-refractivity contribution in [2.24, 2.45) is 50.8 Å². The largest absolute Gasteiger partial charge is 0.394 e. The van der Waals surface area contributed by atoms with Crippen LogP contribution in [0, 0.1) is 39.9 Å². The third kappa shape index (κ3) is 2.73. The first-order valence-electron chi connectivity index (χ1n) is 11.2. The Labute approximate surface area is 164 Å². The van der Waals surface area contributed by atoms with Crippen molar-refractivity contribution in [2.45, 2.75) is 79.1 Å². The number of hydrogen-bond acceptors (Lipinski definition) is 4. The molecule has 0 spiro atoms. The number of ketones is 1. The quantitative estimate of drug-likeness (QED) is 0.581. The van der Waals surface area contributed by atoms with Gasteiger partial charge in [0.05, 0.1) is 5.71 Å². The van der Waals surface area contributed by atoms with Crippen molar-refractivity contribution < 1.29 is 9.63 Å². The number of rotatable bonds is 3. The van der Waals surface area contributed by atoms with Gasteiger partial charge in [0, 0.05) is 23.8 Å². The zero-order chi connectivity index (χ0) is 19.4. The summed E-state index contributed by atoms with van der Waals surface area (Å²) in [7, 11) is 0. The monoisotopic (exact) mass is 374 g/mol. The summed E-state index contributed by atoms with van der Waals surface area (Å²) in [4.78, 5) is 18.1. The molecule has 1 unspecified atom stereocenters. The first-order chi connectivity index (χ1) is 12.7. The molecule has 0 radical (unpaired) electrons. The molecule has 4 aliphatic carbocycles. The topological polar surface area (TPSA) is 64.7 Å². The van der Waals surface area contributed by atoms with Gasteiger partial charge in [0.15, 0.2) is 0 Å². The van der Waals surface area contributed by atoms with Gasteiger partial charge in [-0.15, -0.1) is 0 Å². The Morgan fingerprint density at radius 3 is 2.56 bits per heavy atom. The highest BCUT2D eigenvalue weighted by Crippen LogP contribution is 2.67. The van der Waals surface area contributed by atoms with Crippen LogP contribution in [0.2, 0.25) is 0 Å². The number of nitrogens with two attached hydrogens (primary N) is 1. The van der Waals surface area contributed by atoms with Crippen molar-refractivity contribution in [3.8, 4) is 0 Å². The van der Waals surface area contributed by atoms with Crippen molar-refractivity contribution in [2.75, 3.05) is 13.2 Å². The third-order valence-electron chi connectivity index (χ3n) is 9.48. The Morgan fingerprint density at radius 2 is 1.81 bits per heavy atom. The van der Waals surface area contributed by atoms with Gasteiger partial charge in [-0.1, -0.05) is 32.9 Å². The summed E-state index contributed by atoms with van der Waals surface area (Å²) in [6.07, 6.45) is 9.12. The van der Waals surface area contributed by atoms with E-state index >= 15 is 0 Å². The Hall–Kier alpha value is -0.900. The lowest BCUT2D eigenvalue weighted by molar-refractivity contribution is -0.141. The predicted molar refractivity (Wildman–Crippen MR) is 108 cm³/mol. The highest BCUT2D eigenvalue weighted by Gasteiger charge is 2.62. The highest BCUT2D eigenvalue weighted by atomic mass is 16.6. The van der Waals surface area contributed by atoms with Gasteiger partial charge in [0.25, 0.3) is 0 Å². The van der Waals surface area contributed by atoms with Crippen LogP contribution < -0.4 is 5.73 Å². The standard InChI is InChI=1S/C23H38N2O2/c1-21(2)18-7-5-15-16-6-8-20(26)23(16,4)11-9-17(15)22(18,3)12-10-19(21)25-27-14-13-24/h15-18H,5-14,24H2,1-4H3/b25-19-/t15-,16-,17-,18?,22+,23-/m0/s1. The van der Waals surface area contributed by atoms with E-state index in [2.05, 4.69) is 32.9 Å². The second kappa shape index (κ2) is 6.57. The first kappa shape index (κ1) is 19.4. The second-order valence-electron chi connectivity index (χ2n) is 10.8. The van der Waals surface area contributed by atoms with E-state index in [1.807, 2.05) is 0 Å². The Bertz CT molecular complexity index is 642. The SMILES string of the molecule is CC1(C)/C(=N\OCCN)CC[C@@]2(C)C1CC[C@@H]1[C@@H]2CC[C@]2(C)C(=O)CC[C@@H]12. The maximum atomic E-state index is 12.6. The van der Waals surface area contributed by atoms with Gasteiger partial charge in [0.1, 0.15) is 12.4 Å². The lowest BCUT2D eigenvalue weighted by Crippen LogP contribution is -2.58. The van der Waals surface area contributed by atoms with Crippen LogP contribution in [-0.2, 0) is 9.63 Å². The van der Waals surface area contributed by atoms with E-state index in [0.717, 1.165) is 37.5 Å². The summed E-state index contributed by atoms with van der Waals surface area (Å²) in [5.41, 5.74) is 7.22. The zero-order valence-electron chi connectivity index (χ0n) is 17.7. The van der Waals surface area contributed by atoms with Crippen LogP contribution in [0.1, 0.15) is 79.1 Å². The maximum absolute atomic E-state index is 12.6. The number of hydrogen-bond donors (Lipinski definition) is 1. The molecule has 4 heteroatoms. The molecule has 0 saturated heterocycles. The molecule has 0 aromatic heterocycles. The molecule has 6 atom stereocenters. The van der Waals surface area contributed by atoms with Crippen molar-refractivity contribution in [3.63, 3.8) is 0 Å². The van der Waals surface area contributed by atoms with Crippen LogP contribution in [0.3, 0.4) is 0 Å². The molecule has 4 nitrogen and oxygen atoms in total. The molecule has 152 valence electrons. The molecule has 4 saturated carbocycles. The number of carbonyl (C=O) groups excluding carboxylic acids is 1. The Kier molecular flexibility index (Phi) is 4.73. The maximum Gasteiger partial charge on any atom is 0.139 e. The zero-order valence-corrected chi connectivity index (χ0v) is 17.7. The van der Waals surface area contributed by atoms with E-state index in [4.69, 9.17) is 10.6 Å². The normalized spacial score (nSPS) is 47.3. The van der Waals surface area contributed by atoms with Crippen molar-refractivity contribution >= 4 is 11.5 Å². The highest BCUT2D eigenvalue weighted by molar-refractivity contribution is 5.90. The summed E-state index contributed by atoms with van der Waals surface area (Å²) in [5, 5.41) is 4.52. The van der Waals surface area contributed by atoms with Gasteiger partial charge in [-0.3, -0.25) is 4.79 Å². The molecule has 0 aromatic carbocycles. The molecular weight excluding hydrogens is 336 g/mol. The predicted octanol–water partition coefficient (Wildman–Crippen LogP) is 4.57. The van der Waals surface area contributed by atoms with Crippen molar-refractivity contribution in [1.29, 1.82) is 0 Å². The van der Waals surface area contributed by atoms with Gasteiger partial charge >= 0.3 is 0 Å². The van der Waals surface area contributed by atoms with Crippen LogP contribution in [0.4, 0.5) is 0 Å². The average Bonchev–Trinajstić information content (AvgIpc) is 2.92. The summed E-state index contributed by atoms with van der Waals surface area (Å²) in [6.45, 7) is 10.6. The van der Waals surface area contributed by atoms with E-state index in [1.165, 1.54) is 31.4 Å². The summed E-state index contributed by atoms with van der Waals surface area (Å²) in [5.74, 6) is 3.35. The molecule has 0 amide bonds. The van der Waals surface area contributed by atoms with Gasteiger partial charge in [0.2, 0.25) is 0 Å². The minimum absolute atomic E-state index is 0.0166. The molecule has 0 heterocycles. The second-order valence-corrected chi connectivity index (χ2v) is 10.8. The van der Waals surface area contributed by atoms with Crippen LogP contribution in [0.25, 0.3) is 0 Å². The van der Waals surface area contributed by atoms with Crippen molar-refractivity contribution in [3.05, 3.63) is 0 Å². The lowest BCUT2D eigenvalue weighted by Gasteiger charge is -2.63. The van der Waals surface area contributed by atoms with E-state index in [0.29, 0.717) is 36.2 Å². The van der Waals surface area contributed by atoms with E-state index in [1.54, 1.807) is 0 Å². The lowest BCUT2D eigenvalue weighted by atomic mass is 9.41. The van der Waals surface area contributed by atoms with Gasteiger partial charge in [-0.25, -0.2) is 0 Å². The third-order valence-corrected chi connectivity index (χ3v) is 9.48. The molecule has 4 fully saturated rings. The summed E-state index contributed by atoms with van der Waals surface area (Å²) < 4.78 is 0. The Balaban J connectivity index is 1.60. The molecule has 4 rings (SSSR count). The molecule has 2 N–H and O–H groups in total. The van der Waals surface area contributed by atoms with E-state index < -0.39 is 0 Å². The first-order valence-corrected chi connectivity index (χ1v) is 11.2. The summed E-state index contributed by atoms with van der Waals surface area (Å²) in [6, 6.07) is 0. The van der Waals surface area contributed by atoms with Gasteiger partial charge < -0.3 is 10.6 Å². The van der Waals surface area contributed by atoms with Crippen molar-refractivity contribution in [1.82, 2.24) is 0 Å². The van der Waals surface area contributed by atoms with Gasteiger partial charge in [-0.05, 0) is 74.0 Å².